The zero-order chi connectivity index (χ0) is 49.9. The molecule has 5 aromatic heterocycles. The first kappa shape index (κ1) is 61.9. The molecule has 0 spiro atoms. The fourth-order valence-corrected chi connectivity index (χ4v) is 7.87. The van der Waals surface area contributed by atoms with E-state index in [0.717, 1.165) is 56.9 Å². The zero-order valence-electron chi connectivity index (χ0n) is 41.3. The standard InChI is InChI=1S/C18H17N2.C13H8N.C11H6F2N.C11H9N.C11H8N.4Ir/c1-13-11-14(2)17(15(3)12-13)20-10-9-19-18(20)16-7-5-4-6-8-16;1-2-6-12-10(4-1)7-8-11-5-3-9-14-13(11)12;12-8-4-5-9(10(13)7-8)11-3-1-2-6-14-11;2*1-2-6-10(7-3-1)11-8-4-5-9-12-11;;;;/h4-7,9-12H,1-3H3;1-5,7-9H;1-4,6-7H;1-9H;1-6,8-9H;;;;/q3*-1;;-1;;;;. The predicted octanol–water partition coefficient (Wildman–Crippen LogP) is 15.6. The van der Waals surface area contributed by atoms with E-state index in [0.29, 0.717) is 5.69 Å². The second kappa shape index (κ2) is 32.0. The van der Waals surface area contributed by atoms with Gasteiger partial charge in [-0.05, 0) is 84.5 Å². The number of fused-ring (bicyclic) bond motifs is 3. The molecular weight excluding hydrogens is 1660 g/mol. The Morgan fingerprint density at radius 2 is 0.987 bits per heavy atom. The van der Waals surface area contributed by atoms with Crippen molar-refractivity contribution >= 4 is 21.7 Å². The van der Waals surface area contributed by atoms with Gasteiger partial charge in [0.2, 0.25) is 0 Å². The van der Waals surface area contributed by atoms with Crippen molar-refractivity contribution < 1.29 is 89.2 Å². The first-order valence-electron chi connectivity index (χ1n) is 23.2. The van der Waals surface area contributed by atoms with Crippen molar-refractivity contribution in [1.29, 1.82) is 0 Å². The molecule has 0 saturated heterocycles. The van der Waals surface area contributed by atoms with Crippen LogP contribution in [0, 0.1) is 56.7 Å². The molecule has 0 bridgehead atoms. The number of halogens is 2. The van der Waals surface area contributed by atoms with Crippen LogP contribution in [0.3, 0.4) is 0 Å². The molecule has 0 N–H and O–H groups in total. The van der Waals surface area contributed by atoms with Crippen LogP contribution in [0.4, 0.5) is 8.78 Å². The van der Waals surface area contributed by atoms with Crippen LogP contribution in [-0.4, -0.2) is 29.5 Å². The van der Waals surface area contributed by atoms with E-state index in [4.69, 9.17) is 0 Å². The summed E-state index contributed by atoms with van der Waals surface area (Å²) in [6.45, 7) is 6.42. The number of aryl methyl sites for hydroxylation is 3. The fourth-order valence-electron chi connectivity index (χ4n) is 7.87. The third-order valence-corrected chi connectivity index (χ3v) is 11.0. The van der Waals surface area contributed by atoms with E-state index in [-0.39, 0.29) is 86.0 Å². The predicted molar refractivity (Wildman–Crippen MR) is 287 cm³/mol. The minimum Gasteiger partial charge on any atom is -0.340 e. The van der Waals surface area contributed by atoms with Crippen molar-refractivity contribution in [3.63, 3.8) is 0 Å². The van der Waals surface area contributed by atoms with Gasteiger partial charge in [-0.1, -0.05) is 108 Å². The van der Waals surface area contributed by atoms with Crippen LogP contribution >= 0.6 is 0 Å². The molecule has 0 aliphatic rings. The van der Waals surface area contributed by atoms with E-state index in [1.807, 2.05) is 146 Å². The van der Waals surface area contributed by atoms with Gasteiger partial charge in [0.25, 0.3) is 0 Å². The largest absolute Gasteiger partial charge is 0.340 e. The zero-order valence-corrected chi connectivity index (χ0v) is 50.9. The van der Waals surface area contributed by atoms with Crippen LogP contribution in [0.25, 0.3) is 72.5 Å². The van der Waals surface area contributed by atoms with Crippen molar-refractivity contribution in [2.75, 3.05) is 0 Å². The number of aromatic nitrogens is 6. The van der Waals surface area contributed by atoms with Crippen molar-refractivity contribution in [1.82, 2.24) is 29.5 Å². The van der Waals surface area contributed by atoms with E-state index in [2.05, 4.69) is 123 Å². The summed E-state index contributed by atoms with van der Waals surface area (Å²) in [5, 5.41) is 3.46. The summed E-state index contributed by atoms with van der Waals surface area (Å²) in [6.07, 6.45) is 10.8. The maximum atomic E-state index is 13.2. The number of imidazole rings is 1. The second-order valence-electron chi connectivity index (χ2n) is 16.2. The normalized spacial score (nSPS) is 9.75. The summed E-state index contributed by atoms with van der Waals surface area (Å²) in [4.78, 5) is 21.3. The van der Waals surface area contributed by atoms with Gasteiger partial charge in [0, 0.05) is 140 Å². The van der Waals surface area contributed by atoms with Crippen LogP contribution < -0.4 is 0 Å². The Kier molecular flexibility index (Phi) is 26.1. The summed E-state index contributed by atoms with van der Waals surface area (Å²) in [5.74, 6) is -0.355. The molecule has 5 heterocycles. The quantitative estimate of drug-likeness (QED) is 0.127. The van der Waals surface area contributed by atoms with Crippen LogP contribution in [0.1, 0.15) is 16.7 Å². The summed E-state index contributed by atoms with van der Waals surface area (Å²) in [6, 6.07) is 75.5. The van der Waals surface area contributed by atoms with Crippen LogP contribution in [-0.2, 0) is 80.4 Å². The van der Waals surface area contributed by atoms with Gasteiger partial charge < -0.3 is 19.5 Å². The van der Waals surface area contributed by atoms with E-state index in [9.17, 15) is 8.78 Å². The van der Waals surface area contributed by atoms with Crippen LogP contribution in [0.2, 0.25) is 0 Å². The Balaban J connectivity index is 0.000000205. The third kappa shape index (κ3) is 17.2. The molecule has 388 valence electrons. The van der Waals surface area contributed by atoms with Crippen molar-refractivity contribution in [3.05, 3.63) is 290 Å². The van der Waals surface area contributed by atoms with Gasteiger partial charge >= 0.3 is 0 Å². The average molecular weight is 1710 g/mol. The average Bonchev–Trinajstić information content (AvgIpc) is 3.93. The van der Waals surface area contributed by atoms with Crippen molar-refractivity contribution in [2.24, 2.45) is 0 Å². The number of rotatable bonds is 5. The molecule has 0 atom stereocenters. The number of hydrogen-bond donors (Lipinski definition) is 0. The molecule has 76 heavy (non-hydrogen) atoms. The summed E-state index contributed by atoms with van der Waals surface area (Å²) >= 11 is 0. The second-order valence-corrected chi connectivity index (χ2v) is 16.2. The van der Waals surface area contributed by atoms with Gasteiger partial charge in [0.15, 0.2) is 0 Å². The Morgan fingerprint density at radius 3 is 1.59 bits per heavy atom. The monoisotopic (exact) mass is 1710 g/mol. The minimum atomic E-state index is -0.649. The van der Waals surface area contributed by atoms with Crippen LogP contribution in [0.5, 0.6) is 0 Å². The topological polar surface area (TPSA) is 69.4 Å². The third-order valence-electron chi connectivity index (χ3n) is 11.0. The van der Waals surface area contributed by atoms with Gasteiger partial charge in [0.1, 0.15) is 0 Å². The van der Waals surface area contributed by atoms with Gasteiger partial charge in [0.05, 0.1) is 11.5 Å². The molecule has 0 fully saturated rings. The molecule has 12 aromatic rings. The first-order valence-corrected chi connectivity index (χ1v) is 23.2. The molecule has 0 aliphatic heterocycles. The fraction of sp³-hybridized carbons (Fsp3) is 0.0469. The Hall–Kier alpha value is -6.67. The summed E-state index contributed by atoms with van der Waals surface area (Å²) < 4.78 is 27.9. The van der Waals surface area contributed by atoms with E-state index >= 15 is 0 Å². The molecule has 12 rings (SSSR count). The van der Waals surface area contributed by atoms with Crippen molar-refractivity contribution in [3.8, 4) is 50.8 Å². The Morgan fingerprint density at radius 1 is 0.434 bits per heavy atom. The maximum absolute atomic E-state index is 13.2. The minimum absolute atomic E-state index is 0. The SMILES string of the molecule is Cc1cc(C)c(-n2ccnc2-c2[c-]cccc2)c(C)c1.Fc1c[c-]c(-c2ccccn2)c(F)c1.[Ir].[Ir].[Ir].[Ir].[c-]1cccc2ccc3cccnc3c12.[c-]1ccccc1-c1ccccn1.c1ccc(-c2ccccn2)cc1. The number of pyridine rings is 4. The van der Waals surface area contributed by atoms with Gasteiger partial charge in [-0.25, -0.2) is 0 Å². The molecule has 6 nitrogen and oxygen atoms in total. The molecular formula is C64H48F2Ir4N6-4. The van der Waals surface area contributed by atoms with Crippen LogP contribution in [0.15, 0.2) is 237 Å². The molecule has 4 radical (unpaired) electrons. The molecule has 0 saturated carbocycles. The Bertz CT molecular complexity index is 3350. The van der Waals surface area contributed by atoms with Gasteiger partial charge in [-0.15, -0.1) is 119 Å². The number of benzene rings is 7. The number of hydrogen-bond acceptors (Lipinski definition) is 5. The van der Waals surface area contributed by atoms with Gasteiger partial charge in [-0.3, -0.25) is 18.7 Å². The molecule has 0 unspecified atom stereocenters. The number of nitrogens with zero attached hydrogens (tertiary/aromatic N) is 6. The molecule has 12 heteroatoms. The van der Waals surface area contributed by atoms with Crippen molar-refractivity contribution in [2.45, 2.75) is 20.8 Å². The van der Waals surface area contributed by atoms with Gasteiger partial charge in [-0.2, -0.15) is 0 Å². The van der Waals surface area contributed by atoms with E-state index < -0.39 is 11.6 Å². The van der Waals surface area contributed by atoms with E-state index in [1.165, 1.54) is 33.2 Å². The summed E-state index contributed by atoms with van der Waals surface area (Å²) in [7, 11) is 0. The molecule has 0 amide bonds. The maximum Gasteiger partial charge on any atom is 0.0701 e. The van der Waals surface area contributed by atoms with E-state index in [1.54, 1.807) is 30.6 Å². The molecule has 0 aliphatic carbocycles. The Labute approximate surface area is 497 Å². The summed E-state index contributed by atoms with van der Waals surface area (Å²) in [5.41, 5.74) is 11.9. The molecule has 7 aromatic carbocycles. The smallest absolute Gasteiger partial charge is 0.0701 e. The first-order chi connectivity index (χ1) is 35.3.